The number of fused-ring (bicyclic) bond motifs is 1. The second-order valence-corrected chi connectivity index (χ2v) is 4.72. The largest absolute Gasteiger partial charge is 0.381 e. The summed E-state index contributed by atoms with van der Waals surface area (Å²) in [6.45, 7) is 4.45. The van der Waals surface area contributed by atoms with Gasteiger partial charge in [0.2, 0.25) is 0 Å². The zero-order chi connectivity index (χ0) is 11.4. The van der Waals surface area contributed by atoms with Crippen molar-refractivity contribution in [3.63, 3.8) is 0 Å². The van der Waals surface area contributed by atoms with Gasteiger partial charge in [-0.2, -0.15) is 0 Å². The minimum absolute atomic E-state index is 0.663. The van der Waals surface area contributed by atoms with Crippen molar-refractivity contribution in [2.45, 2.75) is 58.4 Å². The Bertz CT molecular complexity index is 347. The van der Waals surface area contributed by atoms with Crippen LogP contribution >= 0.6 is 0 Å². The molecule has 1 aliphatic rings. The first-order valence-electron chi connectivity index (χ1n) is 6.58. The lowest BCUT2D eigenvalue weighted by molar-refractivity contribution is 0.571. The van der Waals surface area contributed by atoms with Crippen LogP contribution < -0.4 is 5.32 Å². The van der Waals surface area contributed by atoms with Gasteiger partial charge < -0.3 is 5.32 Å². The van der Waals surface area contributed by atoms with Crippen LogP contribution in [0.3, 0.4) is 0 Å². The first-order chi connectivity index (χ1) is 7.83. The van der Waals surface area contributed by atoms with E-state index in [0.717, 1.165) is 12.8 Å². The summed E-state index contributed by atoms with van der Waals surface area (Å²) in [6, 6.07) is 5.05. The Morgan fingerprint density at radius 1 is 1.31 bits per heavy atom. The summed E-state index contributed by atoms with van der Waals surface area (Å²) in [4.78, 5) is 4.74. The molecule has 2 rings (SSSR count). The van der Waals surface area contributed by atoms with Crippen molar-refractivity contribution in [1.82, 2.24) is 4.98 Å². The predicted octanol–water partition coefficient (Wildman–Crippen LogP) is 3.56. The molecule has 1 N–H and O–H groups in total. The Morgan fingerprint density at radius 3 is 2.94 bits per heavy atom. The van der Waals surface area contributed by atoms with Gasteiger partial charge in [-0.25, -0.2) is 0 Å². The Hall–Kier alpha value is -1.05. The molecular weight excluding hydrogens is 196 g/mol. The van der Waals surface area contributed by atoms with E-state index in [4.69, 9.17) is 4.98 Å². The Kier molecular flexibility index (Phi) is 3.81. The second-order valence-electron chi connectivity index (χ2n) is 4.72. The normalized spacial score (nSPS) is 19.0. The third-order valence-corrected chi connectivity index (χ3v) is 3.26. The average molecular weight is 218 g/mol. The Morgan fingerprint density at radius 2 is 2.19 bits per heavy atom. The smallest absolute Gasteiger partial charge is 0.0638 e. The number of rotatable bonds is 4. The molecule has 88 valence electrons. The molecule has 1 aliphatic heterocycles. The molecular formula is C14H22N2. The molecule has 0 saturated carbocycles. The summed E-state index contributed by atoms with van der Waals surface area (Å²) >= 11 is 0. The molecule has 0 amide bonds. The van der Waals surface area contributed by atoms with Crippen LogP contribution in [0.4, 0.5) is 5.69 Å². The predicted molar refractivity (Wildman–Crippen MR) is 68.9 cm³/mol. The molecule has 0 aromatic carbocycles. The number of pyridine rings is 1. The maximum absolute atomic E-state index is 4.74. The molecule has 0 spiro atoms. The quantitative estimate of drug-likeness (QED) is 0.835. The van der Waals surface area contributed by atoms with Crippen LogP contribution in [0, 0.1) is 0 Å². The van der Waals surface area contributed by atoms with E-state index in [1.807, 2.05) is 0 Å². The van der Waals surface area contributed by atoms with E-state index in [9.17, 15) is 0 Å². The van der Waals surface area contributed by atoms with Crippen molar-refractivity contribution in [3.8, 4) is 0 Å². The summed E-state index contributed by atoms with van der Waals surface area (Å²) in [5.41, 5.74) is 3.79. The van der Waals surface area contributed by atoms with Crippen molar-refractivity contribution in [1.29, 1.82) is 0 Å². The molecule has 1 atom stereocenters. The van der Waals surface area contributed by atoms with Crippen molar-refractivity contribution < 1.29 is 0 Å². The van der Waals surface area contributed by atoms with E-state index in [1.54, 1.807) is 0 Å². The monoisotopic (exact) mass is 218 g/mol. The maximum Gasteiger partial charge on any atom is 0.0638 e. The summed E-state index contributed by atoms with van der Waals surface area (Å²) in [7, 11) is 0. The van der Waals surface area contributed by atoms with E-state index in [2.05, 4.69) is 31.3 Å². The lowest BCUT2D eigenvalue weighted by Gasteiger charge is -2.26. The fourth-order valence-electron chi connectivity index (χ4n) is 2.43. The topological polar surface area (TPSA) is 24.9 Å². The number of hydrogen-bond acceptors (Lipinski definition) is 2. The Balaban J connectivity index is 2.09. The molecule has 1 aromatic heterocycles. The molecule has 1 aromatic rings. The van der Waals surface area contributed by atoms with Gasteiger partial charge in [0.25, 0.3) is 0 Å². The van der Waals surface area contributed by atoms with Crippen LogP contribution in [-0.2, 0) is 12.8 Å². The van der Waals surface area contributed by atoms with Gasteiger partial charge in [0.05, 0.1) is 11.4 Å². The first-order valence-corrected chi connectivity index (χ1v) is 6.58. The highest BCUT2D eigenvalue weighted by Crippen LogP contribution is 2.25. The zero-order valence-corrected chi connectivity index (χ0v) is 10.4. The van der Waals surface area contributed by atoms with E-state index in [1.165, 1.54) is 42.8 Å². The van der Waals surface area contributed by atoms with Gasteiger partial charge in [-0.05, 0) is 37.8 Å². The molecule has 0 aliphatic carbocycles. The summed E-state index contributed by atoms with van der Waals surface area (Å²) in [5.74, 6) is 0. The van der Waals surface area contributed by atoms with Crippen LogP contribution in [-0.4, -0.2) is 11.0 Å². The van der Waals surface area contributed by atoms with Gasteiger partial charge in [0.1, 0.15) is 0 Å². The second kappa shape index (κ2) is 5.33. The Labute approximate surface area is 98.5 Å². The highest BCUT2D eigenvalue weighted by atomic mass is 15.0. The summed E-state index contributed by atoms with van der Waals surface area (Å²) < 4.78 is 0. The lowest BCUT2D eigenvalue weighted by atomic mass is 9.98. The molecule has 0 fully saturated rings. The molecule has 2 nitrogen and oxygen atoms in total. The van der Waals surface area contributed by atoms with Gasteiger partial charge in [-0.1, -0.05) is 26.7 Å². The molecule has 0 radical (unpaired) electrons. The standard InChI is InChI=1S/C14H22N2/c1-3-5-11-7-9-14-13(15-11)10-8-12(16-14)6-4-2/h7,9,12,16H,3-6,8,10H2,1-2H3/t12-/m1/s1. The van der Waals surface area contributed by atoms with E-state index < -0.39 is 0 Å². The third-order valence-electron chi connectivity index (χ3n) is 3.26. The van der Waals surface area contributed by atoms with Crippen LogP contribution in [0.15, 0.2) is 12.1 Å². The molecule has 16 heavy (non-hydrogen) atoms. The van der Waals surface area contributed by atoms with Gasteiger partial charge in [0, 0.05) is 11.7 Å². The molecule has 0 bridgehead atoms. The fourth-order valence-corrected chi connectivity index (χ4v) is 2.43. The van der Waals surface area contributed by atoms with Crippen molar-refractivity contribution in [2.75, 3.05) is 5.32 Å². The minimum Gasteiger partial charge on any atom is -0.381 e. The number of nitrogens with zero attached hydrogens (tertiary/aromatic N) is 1. The number of aryl methyl sites for hydroxylation is 2. The van der Waals surface area contributed by atoms with E-state index in [-0.39, 0.29) is 0 Å². The average Bonchev–Trinajstić information content (AvgIpc) is 2.30. The van der Waals surface area contributed by atoms with Crippen molar-refractivity contribution in [3.05, 3.63) is 23.5 Å². The van der Waals surface area contributed by atoms with Crippen LogP contribution in [0.1, 0.15) is 50.9 Å². The maximum atomic E-state index is 4.74. The highest BCUT2D eigenvalue weighted by Gasteiger charge is 2.17. The highest BCUT2D eigenvalue weighted by molar-refractivity contribution is 5.51. The molecule has 0 saturated heterocycles. The van der Waals surface area contributed by atoms with Gasteiger partial charge in [-0.3, -0.25) is 4.98 Å². The third kappa shape index (κ3) is 2.55. The number of aromatic nitrogens is 1. The minimum atomic E-state index is 0.663. The summed E-state index contributed by atoms with van der Waals surface area (Å²) in [6.07, 6.45) is 7.20. The number of nitrogens with one attached hydrogen (secondary N) is 1. The van der Waals surface area contributed by atoms with E-state index >= 15 is 0 Å². The van der Waals surface area contributed by atoms with E-state index in [0.29, 0.717) is 6.04 Å². The van der Waals surface area contributed by atoms with Crippen LogP contribution in [0.5, 0.6) is 0 Å². The van der Waals surface area contributed by atoms with Gasteiger partial charge in [-0.15, -0.1) is 0 Å². The van der Waals surface area contributed by atoms with Gasteiger partial charge in [0.15, 0.2) is 0 Å². The zero-order valence-electron chi connectivity index (χ0n) is 10.4. The lowest BCUT2D eigenvalue weighted by Crippen LogP contribution is -2.26. The molecule has 0 unspecified atom stereocenters. The van der Waals surface area contributed by atoms with Crippen LogP contribution in [0.25, 0.3) is 0 Å². The number of anilines is 1. The first kappa shape index (κ1) is 11.4. The number of hydrogen-bond donors (Lipinski definition) is 1. The van der Waals surface area contributed by atoms with Crippen molar-refractivity contribution >= 4 is 5.69 Å². The SMILES string of the molecule is CCCc1ccc2c(n1)CC[C@@H](CCC)N2. The van der Waals surface area contributed by atoms with Gasteiger partial charge >= 0.3 is 0 Å². The summed E-state index contributed by atoms with van der Waals surface area (Å²) in [5, 5.41) is 3.60. The van der Waals surface area contributed by atoms with Crippen molar-refractivity contribution in [2.24, 2.45) is 0 Å². The molecule has 2 heterocycles. The molecule has 2 heteroatoms. The van der Waals surface area contributed by atoms with Crippen LogP contribution in [0.2, 0.25) is 0 Å². The fraction of sp³-hybridized carbons (Fsp3) is 0.643.